The van der Waals surface area contributed by atoms with E-state index in [1.165, 1.54) is 6.92 Å². The highest BCUT2D eigenvalue weighted by atomic mass is 16.2. The van der Waals surface area contributed by atoms with Crippen LogP contribution < -0.4 is 10.6 Å². The molecule has 4 aromatic rings. The molecule has 0 heterocycles. The van der Waals surface area contributed by atoms with Crippen molar-refractivity contribution in [3.8, 4) is 0 Å². The van der Waals surface area contributed by atoms with Crippen molar-refractivity contribution in [3.63, 3.8) is 0 Å². The van der Waals surface area contributed by atoms with E-state index in [9.17, 15) is 19.2 Å². The molecular formula is C35H34N2O4. The maximum atomic E-state index is 13.7. The molecule has 0 saturated heterocycles. The first-order valence-electron chi connectivity index (χ1n) is 13.5. The van der Waals surface area contributed by atoms with E-state index in [1.807, 2.05) is 71.0 Å². The number of benzene rings is 4. The van der Waals surface area contributed by atoms with Crippen molar-refractivity contribution in [2.75, 3.05) is 10.6 Å². The van der Waals surface area contributed by atoms with E-state index >= 15 is 0 Å². The van der Waals surface area contributed by atoms with E-state index in [-0.39, 0.29) is 23.6 Å². The second-order valence-corrected chi connectivity index (χ2v) is 10.4. The van der Waals surface area contributed by atoms with Crippen LogP contribution >= 0.6 is 0 Å². The lowest BCUT2D eigenvalue weighted by Crippen LogP contribution is -2.22. The average Bonchev–Trinajstić information content (AvgIpc) is 2.93. The molecule has 208 valence electrons. The molecule has 4 aromatic carbocycles. The third-order valence-electron chi connectivity index (χ3n) is 7.54. The number of ketones is 2. The van der Waals surface area contributed by atoms with E-state index in [1.54, 1.807) is 36.4 Å². The van der Waals surface area contributed by atoms with Crippen LogP contribution in [0.25, 0.3) is 0 Å². The van der Waals surface area contributed by atoms with Gasteiger partial charge in [-0.25, -0.2) is 0 Å². The number of hydrogen-bond donors (Lipinski definition) is 2. The zero-order chi connectivity index (χ0) is 29.8. The highest BCUT2D eigenvalue weighted by molar-refractivity contribution is 6.15. The van der Waals surface area contributed by atoms with Crippen LogP contribution in [0.1, 0.15) is 81.7 Å². The lowest BCUT2D eigenvalue weighted by molar-refractivity contribution is 0.0986. The molecule has 0 saturated carbocycles. The molecule has 6 heteroatoms. The van der Waals surface area contributed by atoms with Gasteiger partial charge in [-0.1, -0.05) is 54.6 Å². The Morgan fingerprint density at radius 1 is 0.537 bits per heavy atom. The lowest BCUT2D eigenvalue weighted by Gasteiger charge is -2.18. The van der Waals surface area contributed by atoms with Crippen molar-refractivity contribution in [1.82, 2.24) is 0 Å². The highest BCUT2D eigenvalue weighted by Crippen LogP contribution is 2.27. The molecular weight excluding hydrogens is 512 g/mol. The standard InChI is InChI=1S/C35H34N2O4/c1-20-11-7-15-26(24(20)5)31(39)19-30-21(2)12-8-17-28(30)34(40)37-33-23(4)14-10-18-29(33)35(41)36-32-22(3)13-9-16-27(32)25(6)38/h7-18H,19H2,1-6H3,(H,36,41)(H,37,40). The largest absolute Gasteiger partial charge is 0.321 e. The van der Waals surface area contributed by atoms with Crippen LogP contribution in [0.2, 0.25) is 0 Å². The van der Waals surface area contributed by atoms with E-state index in [0.29, 0.717) is 39.2 Å². The number of Topliss-reactive ketones (excluding diaryl/α,β-unsaturated/α-hetero) is 2. The maximum Gasteiger partial charge on any atom is 0.257 e. The first-order chi connectivity index (χ1) is 19.5. The predicted octanol–water partition coefficient (Wildman–Crippen LogP) is 7.36. The summed E-state index contributed by atoms with van der Waals surface area (Å²) < 4.78 is 0. The van der Waals surface area contributed by atoms with Crippen LogP contribution in [0, 0.1) is 34.6 Å². The molecule has 41 heavy (non-hydrogen) atoms. The second-order valence-electron chi connectivity index (χ2n) is 10.4. The summed E-state index contributed by atoms with van der Waals surface area (Å²) in [6.07, 6.45) is 0.0714. The predicted molar refractivity (Wildman–Crippen MR) is 163 cm³/mol. The molecule has 2 N–H and O–H groups in total. The minimum absolute atomic E-state index is 0.0648. The summed E-state index contributed by atoms with van der Waals surface area (Å²) in [5.41, 5.74) is 7.36. The summed E-state index contributed by atoms with van der Waals surface area (Å²) in [5, 5.41) is 5.81. The fraction of sp³-hybridized carbons (Fsp3) is 0.200. The van der Waals surface area contributed by atoms with E-state index in [2.05, 4.69) is 10.6 Å². The van der Waals surface area contributed by atoms with Gasteiger partial charge in [-0.15, -0.1) is 0 Å². The molecule has 0 aliphatic carbocycles. The second kappa shape index (κ2) is 12.1. The third-order valence-corrected chi connectivity index (χ3v) is 7.54. The van der Waals surface area contributed by atoms with Crippen LogP contribution in [-0.2, 0) is 6.42 Å². The molecule has 0 aliphatic heterocycles. The summed E-state index contributed by atoms with van der Waals surface area (Å²) in [4.78, 5) is 52.7. The third kappa shape index (κ3) is 6.17. The fourth-order valence-corrected chi connectivity index (χ4v) is 4.97. The van der Waals surface area contributed by atoms with Gasteiger partial charge in [0.05, 0.1) is 16.9 Å². The van der Waals surface area contributed by atoms with Crippen LogP contribution in [0.5, 0.6) is 0 Å². The van der Waals surface area contributed by atoms with Gasteiger partial charge in [-0.3, -0.25) is 19.2 Å². The topological polar surface area (TPSA) is 92.3 Å². The Morgan fingerprint density at radius 2 is 0.976 bits per heavy atom. The van der Waals surface area contributed by atoms with Gasteiger partial charge in [0.25, 0.3) is 11.8 Å². The van der Waals surface area contributed by atoms with Gasteiger partial charge >= 0.3 is 0 Å². The number of anilines is 2. The van der Waals surface area contributed by atoms with Gasteiger partial charge in [0.15, 0.2) is 11.6 Å². The molecule has 4 rings (SSSR count). The molecule has 0 fully saturated rings. The highest BCUT2D eigenvalue weighted by Gasteiger charge is 2.22. The number of para-hydroxylation sites is 2. The molecule has 0 unspecified atom stereocenters. The van der Waals surface area contributed by atoms with E-state index < -0.39 is 11.8 Å². The molecule has 0 aliphatic rings. The molecule has 0 radical (unpaired) electrons. The van der Waals surface area contributed by atoms with Gasteiger partial charge < -0.3 is 10.6 Å². The Labute approximate surface area is 240 Å². The Hall–Kier alpha value is -4.84. The molecule has 2 amide bonds. The summed E-state index contributed by atoms with van der Waals surface area (Å²) in [6.45, 7) is 10.9. The molecule has 0 aromatic heterocycles. The number of amides is 2. The normalized spacial score (nSPS) is 10.7. The minimum atomic E-state index is -0.449. The maximum absolute atomic E-state index is 13.7. The summed E-state index contributed by atoms with van der Waals surface area (Å²) in [5.74, 6) is -1.09. The molecule has 0 spiro atoms. The van der Waals surface area contributed by atoms with E-state index in [0.717, 1.165) is 22.3 Å². The first kappa shape index (κ1) is 29.2. The van der Waals surface area contributed by atoms with Crippen molar-refractivity contribution in [2.24, 2.45) is 0 Å². The van der Waals surface area contributed by atoms with Gasteiger partial charge in [0.2, 0.25) is 0 Å². The smallest absolute Gasteiger partial charge is 0.257 e. The molecule has 6 nitrogen and oxygen atoms in total. The zero-order valence-electron chi connectivity index (χ0n) is 24.3. The van der Waals surface area contributed by atoms with Crippen LogP contribution in [0.4, 0.5) is 11.4 Å². The number of carbonyl (C=O) groups is 4. The fourth-order valence-electron chi connectivity index (χ4n) is 4.97. The minimum Gasteiger partial charge on any atom is -0.321 e. The van der Waals surface area contributed by atoms with Crippen LogP contribution in [-0.4, -0.2) is 23.4 Å². The Bertz CT molecular complexity index is 1700. The molecule has 0 bridgehead atoms. The SMILES string of the molecule is CC(=O)c1cccc(C)c1NC(=O)c1cccc(C)c1NC(=O)c1cccc(C)c1CC(=O)c1cccc(C)c1C. The van der Waals surface area contributed by atoms with Crippen molar-refractivity contribution in [1.29, 1.82) is 0 Å². The van der Waals surface area contributed by atoms with Crippen molar-refractivity contribution < 1.29 is 19.2 Å². The van der Waals surface area contributed by atoms with Crippen molar-refractivity contribution >= 4 is 34.8 Å². The summed E-state index contributed by atoms with van der Waals surface area (Å²) in [7, 11) is 0. The summed E-state index contributed by atoms with van der Waals surface area (Å²) in [6, 6.07) is 21.4. The number of aryl methyl sites for hydroxylation is 4. The molecule has 0 atom stereocenters. The van der Waals surface area contributed by atoms with Crippen LogP contribution in [0.3, 0.4) is 0 Å². The summed E-state index contributed by atoms with van der Waals surface area (Å²) >= 11 is 0. The van der Waals surface area contributed by atoms with E-state index in [4.69, 9.17) is 0 Å². The lowest BCUT2D eigenvalue weighted by atomic mass is 9.92. The Balaban J connectivity index is 1.66. The quantitative estimate of drug-likeness (QED) is 0.226. The monoisotopic (exact) mass is 546 g/mol. The first-order valence-corrected chi connectivity index (χ1v) is 13.5. The average molecular weight is 547 g/mol. The number of carbonyl (C=O) groups excluding carboxylic acids is 4. The number of hydrogen-bond acceptors (Lipinski definition) is 4. The Morgan fingerprint density at radius 3 is 1.56 bits per heavy atom. The van der Waals surface area contributed by atoms with Gasteiger partial charge in [-0.2, -0.15) is 0 Å². The van der Waals surface area contributed by atoms with Gasteiger partial charge in [0, 0.05) is 23.1 Å². The Kier molecular flexibility index (Phi) is 8.62. The number of rotatable bonds is 8. The van der Waals surface area contributed by atoms with Gasteiger partial charge in [0.1, 0.15) is 0 Å². The van der Waals surface area contributed by atoms with Crippen LogP contribution in [0.15, 0.2) is 72.8 Å². The van der Waals surface area contributed by atoms with Crippen molar-refractivity contribution in [3.05, 3.63) is 128 Å². The zero-order valence-corrected chi connectivity index (χ0v) is 24.3. The van der Waals surface area contributed by atoms with Gasteiger partial charge in [-0.05, 0) is 93.1 Å². The number of nitrogens with one attached hydrogen (secondary N) is 2. The van der Waals surface area contributed by atoms with Crippen molar-refractivity contribution in [2.45, 2.75) is 48.0 Å².